The van der Waals surface area contributed by atoms with Crippen molar-refractivity contribution in [1.82, 2.24) is 31.7 Å². The summed E-state index contributed by atoms with van der Waals surface area (Å²) in [6.45, 7) is -1.87. The molecule has 0 spiro atoms. The molecule has 6 amide bonds. The lowest BCUT2D eigenvalue weighted by Gasteiger charge is -2.19. The predicted octanol–water partition coefficient (Wildman–Crippen LogP) is -3.56. The number of imide groups is 1. The lowest BCUT2D eigenvalue weighted by atomic mass is 10.1. The van der Waals surface area contributed by atoms with Crippen molar-refractivity contribution in [3.63, 3.8) is 0 Å². The van der Waals surface area contributed by atoms with Crippen molar-refractivity contribution in [1.29, 1.82) is 0 Å². The smallest absolute Gasteiger partial charge is 0.268 e. The normalized spacial score (nSPS) is 13.4. The highest BCUT2D eigenvalue weighted by Crippen LogP contribution is 2.04. The molecule has 0 unspecified atom stereocenters. The Bertz CT molecular complexity index is 916. The Morgan fingerprint density at radius 2 is 1.42 bits per heavy atom. The van der Waals surface area contributed by atoms with Gasteiger partial charge in [-0.25, -0.2) is 10.4 Å². The van der Waals surface area contributed by atoms with Gasteiger partial charge < -0.3 is 26.4 Å². The summed E-state index contributed by atoms with van der Waals surface area (Å²) in [6, 6.07) is 7.79. The molecule has 1 aliphatic heterocycles. The molecule has 176 valence electrons. The van der Waals surface area contributed by atoms with Crippen molar-refractivity contribution in [2.45, 2.75) is 12.5 Å². The molecule has 13 heteroatoms. The standard InChI is InChI=1S/C20H24N6O7/c27-12-23-15(28)9-22-20(33)14(8-13-4-2-1-3-5-13)25-17(30)10-21-16(29)11-24-26-18(31)6-7-19(26)32/h1-7,14,24,27H,8-12H2,(H,21,29)(H,22,33)(H,23,28)(H,25,30)/t14-/m0/s1. The van der Waals surface area contributed by atoms with Gasteiger partial charge in [-0.15, -0.1) is 0 Å². The Hall–Kier alpha value is -4.10. The predicted molar refractivity (Wildman–Crippen MR) is 112 cm³/mol. The number of nitrogens with zero attached hydrogens (tertiary/aromatic N) is 1. The van der Waals surface area contributed by atoms with Crippen molar-refractivity contribution < 1.29 is 33.9 Å². The van der Waals surface area contributed by atoms with E-state index in [0.29, 0.717) is 5.01 Å². The van der Waals surface area contributed by atoms with E-state index < -0.39 is 67.9 Å². The summed E-state index contributed by atoms with van der Waals surface area (Å²) < 4.78 is 0. The maximum atomic E-state index is 12.5. The maximum absolute atomic E-state index is 12.5. The van der Waals surface area contributed by atoms with Crippen molar-refractivity contribution >= 4 is 35.4 Å². The molecule has 33 heavy (non-hydrogen) atoms. The molecular weight excluding hydrogens is 436 g/mol. The number of aliphatic hydroxyl groups excluding tert-OH is 1. The van der Waals surface area contributed by atoms with Crippen LogP contribution in [0.4, 0.5) is 0 Å². The molecule has 1 heterocycles. The van der Waals surface area contributed by atoms with Crippen LogP contribution in [0.2, 0.25) is 0 Å². The first-order chi connectivity index (χ1) is 15.8. The fraction of sp³-hybridized carbons (Fsp3) is 0.300. The van der Waals surface area contributed by atoms with Gasteiger partial charge in [-0.05, 0) is 5.56 Å². The van der Waals surface area contributed by atoms with E-state index in [2.05, 4.69) is 26.7 Å². The molecular formula is C20H24N6O7. The van der Waals surface area contributed by atoms with Gasteiger partial charge in [-0.2, -0.15) is 0 Å². The van der Waals surface area contributed by atoms with Crippen LogP contribution in [0.1, 0.15) is 5.56 Å². The summed E-state index contributed by atoms with van der Waals surface area (Å²) in [6.07, 6.45) is 2.22. The summed E-state index contributed by atoms with van der Waals surface area (Å²) in [5.74, 6) is -3.81. The van der Waals surface area contributed by atoms with Crippen molar-refractivity contribution in [2.24, 2.45) is 0 Å². The van der Waals surface area contributed by atoms with Gasteiger partial charge in [0.1, 0.15) is 12.8 Å². The van der Waals surface area contributed by atoms with Crippen molar-refractivity contribution in [2.75, 3.05) is 26.4 Å². The molecule has 1 atom stereocenters. The van der Waals surface area contributed by atoms with E-state index in [1.54, 1.807) is 30.3 Å². The lowest BCUT2D eigenvalue weighted by molar-refractivity contribution is -0.141. The molecule has 0 fully saturated rings. The number of hydrazine groups is 1. The highest BCUT2D eigenvalue weighted by Gasteiger charge is 2.24. The molecule has 0 saturated carbocycles. The van der Waals surface area contributed by atoms with Gasteiger partial charge in [0.25, 0.3) is 11.8 Å². The Morgan fingerprint density at radius 1 is 0.818 bits per heavy atom. The van der Waals surface area contributed by atoms with Gasteiger partial charge in [0.2, 0.25) is 23.6 Å². The molecule has 1 aliphatic rings. The second-order valence-corrected chi connectivity index (χ2v) is 6.74. The number of hydrogen-bond acceptors (Lipinski definition) is 8. The summed E-state index contributed by atoms with van der Waals surface area (Å²) >= 11 is 0. The number of carbonyl (C=O) groups is 6. The molecule has 0 aliphatic carbocycles. The average Bonchev–Trinajstić information content (AvgIpc) is 3.12. The third kappa shape index (κ3) is 8.51. The van der Waals surface area contributed by atoms with Crippen LogP contribution in [0, 0.1) is 0 Å². The summed E-state index contributed by atoms with van der Waals surface area (Å²) in [7, 11) is 0. The summed E-state index contributed by atoms with van der Waals surface area (Å²) in [5.41, 5.74) is 3.09. The first-order valence-electron chi connectivity index (χ1n) is 9.85. The Balaban J connectivity index is 1.85. The molecule has 0 aromatic heterocycles. The minimum Gasteiger partial charge on any atom is -0.376 e. The first kappa shape index (κ1) is 25.2. The van der Waals surface area contributed by atoms with Gasteiger partial charge in [-0.3, -0.25) is 28.8 Å². The average molecular weight is 460 g/mol. The number of nitrogens with one attached hydrogen (secondary N) is 5. The third-order valence-electron chi connectivity index (χ3n) is 4.29. The minimum atomic E-state index is -1.04. The second-order valence-electron chi connectivity index (χ2n) is 6.74. The fourth-order valence-corrected chi connectivity index (χ4v) is 2.69. The van der Waals surface area contributed by atoms with Gasteiger partial charge in [-0.1, -0.05) is 30.3 Å². The fourth-order valence-electron chi connectivity index (χ4n) is 2.69. The monoisotopic (exact) mass is 460 g/mol. The largest absolute Gasteiger partial charge is 0.376 e. The number of rotatable bonds is 12. The first-order valence-corrected chi connectivity index (χ1v) is 9.85. The molecule has 2 rings (SSSR count). The number of aliphatic hydroxyl groups is 1. The molecule has 6 N–H and O–H groups in total. The zero-order valence-electron chi connectivity index (χ0n) is 17.5. The number of amides is 6. The van der Waals surface area contributed by atoms with Gasteiger partial charge in [0.05, 0.1) is 19.6 Å². The van der Waals surface area contributed by atoms with Crippen LogP contribution >= 0.6 is 0 Å². The van der Waals surface area contributed by atoms with Crippen LogP contribution in [0.25, 0.3) is 0 Å². The Labute approximate surface area is 188 Å². The molecule has 1 aromatic carbocycles. The maximum Gasteiger partial charge on any atom is 0.268 e. The number of carbonyl (C=O) groups excluding carboxylic acids is 6. The topological polar surface area (TPSA) is 186 Å². The van der Waals surface area contributed by atoms with Gasteiger partial charge in [0, 0.05) is 18.6 Å². The van der Waals surface area contributed by atoms with E-state index in [1.807, 2.05) is 0 Å². The molecule has 1 aromatic rings. The van der Waals surface area contributed by atoms with Gasteiger partial charge >= 0.3 is 0 Å². The van der Waals surface area contributed by atoms with Crippen LogP contribution in [-0.4, -0.2) is 78.0 Å². The lowest BCUT2D eigenvalue weighted by Crippen LogP contribution is -2.53. The van der Waals surface area contributed by atoms with Crippen molar-refractivity contribution in [3.8, 4) is 0 Å². The molecule has 0 bridgehead atoms. The minimum absolute atomic E-state index is 0.127. The van der Waals surface area contributed by atoms with E-state index in [0.717, 1.165) is 17.7 Å². The highest BCUT2D eigenvalue weighted by molar-refractivity contribution is 6.12. The Morgan fingerprint density at radius 3 is 2.06 bits per heavy atom. The second kappa shape index (κ2) is 12.7. The van der Waals surface area contributed by atoms with Crippen LogP contribution in [0.3, 0.4) is 0 Å². The number of hydrogen-bond donors (Lipinski definition) is 6. The molecule has 13 nitrogen and oxygen atoms in total. The van der Waals surface area contributed by atoms with E-state index in [-0.39, 0.29) is 6.42 Å². The molecule has 0 saturated heterocycles. The SMILES string of the molecule is O=C(CNC(=O)[C@H](Cc1ccccc1)NC(=O)CNC(=O)CNN1C(=O)C=CC1=O)NCO. The number of benzene rings is 1. The quantitative estimate of drug-likeness (QED) is 0.137. The van der Waals surface area contributed by atoms with E-state index >= 15 is 0 Å². The van der Waals surface area contributed by atoms with E-state index in [4.69, 9.17) is 5.11 Å². The van der Waals surface area contributed by atoms with E-state index in [9.17, 15) is 28.8 Å². The van der Waals surface area contributed by atoms with Crippen molar-refractivity contribution in [3.05, 3.63) is 48.0 Å². The van der Waals surface area contributed by atoms with Crippen LogP contribution in [-0.2, 0) is 35.2 Å². The highest BCUT2D eigenvalue weighted by atomic mass is 16.3. The van der Waals surface area contributed by atoms with E-state index in [1.165, 1.54) is 0 Å². The van der Waals surface area contributed by atoms with Crippen LogP contribution in [0.5, 0.6) is 0 Å². The zero-order valence-corrected chi connectivity index (χ0v) is 17.5. The van der Waals surface area contributed by atoms with Gasteiger partial charge in [0.15, 0.2) is 0 Å². The zero-order chi connectivity index (χ0) is 24.2. The summed E-state index contributed by atoms with van der Waals surface area (Å²) in [5, 5.41) is 18.6. The summed E-state index contributed by atoms with van der Waals surface area (Å²) in [4.78, 5) is 71.0. The third-order valence-corrected chi connectivity index (χ3v) is 4.29. The Kier molecular flexibility index (Phi) is 9.67. The van der Waals surface area contributed by atoms with Crippen LogP contribution in [0.15, 0.2) is 42.5 Å². The molecule has 0 radical (unpaired) electrons. The van der Waals surface area contributed by atoms with Crippen LogP contribution < -0.4 is 26.7 Å².